The third kappa shape index (κ3) is 7.42. The van der Waals surface area contributed by atoms with Gasteiger partial charge in [-0.25, -0.2) is 0 Å². The lowest BCUT2D eigenvalue weighted by atomic mass is 9.86. The van der Waals surface area contributed by atoms with Crippen molar-refractivity contribution in [1.29, 1.82) is 0 Å². The minimum absolute atomic E-state index is 0.132. The largest absolute Gasteiger partial charge is 0.454 e. The van der Waals surface area contributed by atoms with Gasteiger partial charge in [-0.3, -0.25) is 0 Å². The monoisotopic (exact) mass is 1210 g/mol. The second-order valence-corrected chi connectivity index (χ2v) is 28.0. The predicted octanol–water partition coefficient (Wildman–Crippen LogP) is 25.3. The summed E-state index contributed by atoms with van der Waals surface area (Å²) < 4.78 is 19.9. The Morgan fingerprint density at radius 3 is 1.01 bits per heavy atom. The summed E-state index contributed by atoms with van der Waals surface area (Å²) in [6.45, 7) is 18.1. The summed E-state index contributed by atoms with van der Waals surface area (Å²) in [5.74, 6) is 0. The molecule has 0 bridgehead atoms. The Hall–Kier alpha value is -11.3. The molecule has 0 saturated carbocycles. The fourth-order valence-corrected chi connectivity index (χ4v) is 16.4. The van der Waals surface area contributed by atoms with E-state index >= 15 is 0 Å². The van der Waals surface area contributed by atoms with Crippen molar-refractivity contribution < 1.29 is 8.83 Å². The number of rotatable bonds is 8. The van der Waals surface area contributed by atoms with Gasteiger partial charge >= 0.3 is 0 Å². The molecule has 94 heavy (non-hydrogen) atoms. The molecule has 0 unspecified atom stereocenters. The van der Waals surface area contributed by atoms with Crippen LogP contribution in [0, 0.1) is 13.8 Å². The number of furan rings is 2. The van der Waals surface area contributed by atoms with Crippen LogP contribution in [-0.4, -0.2) is 8.80 Å². The molecule has 450 valence electrons. The Balaban J connectivity index is 0.976. The summed E-state index contributed by atoms with van der Waals surface area (Å²) in [7, 11) is 0. The second-order valence-electron chi connectivity index (χ2n) is 28.0. The second kappa shape index (κ2) is 19.6. The zero-order chi connectivity index (χ0) is 63.2. The molecule has 0 aliphatic rings. The molecule has 19 aromatic rings. The standard InChI is InChI=1S/C88H66N4O2/c1-51-27-15-19-41-65(51)89(71-45-25-37-57-55-35-23-39-63(87(3,4)5)83(55)93-85(57)71)69-49-47-61-77-73(53-29-11-9-12-30-53)82-78(74(54-31-13-10-14-32-54)81(77)91-67-43-21-17-33-59(67)75(69)79(61)91)62-48-50-70(76-60-34-18-22-44-68(60)92(82)80(62)76)90(66-42-20-16-28-52(66)2)72-46-26-38-58-56-36-24-40-64(88(6,7)8)84(56)94-86(58)72/h9-50H,1-8H3. The quantitative estimate of drug-likeness (QED) is 0.152. The summed E-state index contributed by atoms with van der Waals surface area (Å²) in [6.07, 6.45) is 0. The van der Waals surface area contributed by atoms with E-state index in [4.69, 9.17) is 8.83 Å². The Morgan fingerprint density at radius 2 is 0.606 bits per heavy atom. The van der Waals surface area contributed by atoms with Crippen LogP contribution in [-0.2, 0) is 10.8 Å². The van der Waals surface area contributed by atoms with Crippen molar-refractivity contribution in [3.8, 4) is 22.3 Å². The van der Waals surface area contributed by atoms with Crippen LogP contribution in [0.4, 0.5) is 34.1 Å². The smallest absolute Gasteiger partial charge is 0.159 e. The van der Waals surface area contributed by atoms with Crippen LogP contribution in [0.3, 0.4) is 0 Å². The van der Waals surface area contributed by atoms with E-state index in [1.54, 1.807) is 0 Å². The number of anilines is 6. The normalized spacial score (nSPS) is 12.7. The molecule has 6 heterocycles. The lowest BCUT2D eigenvalue weighted by Gasteiger charge is -2.28. The molecule has 0 amide bonds. The Kier molecular flexibility index (Phi) is 11.3. The van der Waals surface area contributed by atoms with Gasteiger partial charge in [0, 0.05) is 98.3 Å². The van der Waals surface area contributed by atoms with E-state index in [2.05, 4.69) is 329 Å². The number of hydrogen-bond donors (Lipinski definition) is 0. The van der Waals surface area contributed by atoms with Gasteiger partial charge in [-0.05, 0) is 95.5 Å². The third-order valence-electron chi connectivity index (χ3n) is 20.4. The van der Waals surface area contributed by atoms with Crippen molar-refractivity contribution >= 4 is 154 Å². The first-order valence-corrected chi connectivity index (χ1v) is 32.9. The molecule has 6 nitrogen and oxygen atoms in total. The number of hydrogen-bond acceptors (Lipinski definition) is 4. The van der Waals surface area contributed by atoms with Gasteiger partial charge in [-0.15, -0.1) is 0 Å². The molecular formula is C88H66N4O2. The molecule has 0 saturated heterocycles. The number of para-hydroxylation sites is 8. The highest BCUT2D eigenvalue weighted by Gasteiger charge is 2.35. The van der Waals surface area contributed by atoms with Crippen molar-refractivity contribution in [1.82, 2.24) is 8.80 Å². The van der Waals surface area contributed by atoms with E-state index < -0.39 is 0 Å². The van der Waals surface area contributed by atoms with Crippen LogP contribution in [0.25, 0.3) is 142 Å². The molecular weight excluding hydrogens is 1140 g/mol. The lowest BCUT2D eigenvalue weighted by Crippen LogP contribution is -2.12. The number of fused-ring (bicyclic) bond motifs is 18. The Labute approximate surface area is 544 Å². The molecule has 0 aliphatic heterocycles. The van der Waals surface area contributed by atoms with Gasteiger partial charge in [-0.2, -0.15) is 0 Å². The van der Waals surface area contributed by atoms with Crippen LogP contribution >= 0.6 is 0 Å². The zero-order valence-corrected chi connectivity index (χ0v) is 53.9. The number of benzene rings is 13. The topological polar surface area (TPSA) is 41.6 Å². The Bertz CT molecular complexity index is 5950. The van der Waals surface area contributed by atoms with E-state index in [0.29, 0.717) is 0 Å². The average Bonchev–Trinajstić information content (AvgIpc) is 1.49. The van der Waals surface area contributed by atoms with Gasteiger partial charge < -0.3 is 27.4 Å². The van der Waals surface area contributed by atoms with Gasteiger partial charge in [0.05, 0.1) is 55.8 Å². The van der Waals surface area contributed by atoms with Crippen LogP contribution in [0.15, 0.2) is 264 Å². The van der Waals surface area contributed by atoms with Crippen molar-refractivity contribution in [2.75, 3.05) is 9.80 Å². The summed E-state index contributed by atoms with van der Waals surface area (Å²) in [5.41, 5.74) is 26.1. The highest BCUT2D eigenvalue weighted by Crippen LogP contribution is 2.58. The van der Waals surface area contributed by atoms with E-state index in [0.717, 1.165) is 111 Å². The maximum atomic E-state index is 7.30. The van der Waals surface area contributed by atoms with Crippen LogP contribution in [0.1, 0.15) is 63.8 Å². The molecule has 0 spiro atoms. The molecule has 13 aromatic carbocycles. The first kappa shape index (κ1) is 54.4. The van der Waals surface area contributed by atoms with E-state index in [9.17, 15) is 0 Å². The van der Waals surface area contributed by atoms with Gasteiger partial charge in [-0.1, -0.05) is 248 Å². The molecule has 0 N–H and O–H groups in total. The first-order chi connectivity index (χ1) is 45.8. The number of nitrogens with zero attached hydrogens (tertiary/aromatic N) is 4. The third-order valence-corrected chi connectivity index (χ3v) is 20.4. The zero-order valence-electron chi connectivity index (χ0n) is 53.9. The summed E-state index contributed by atoms with van der Waals surface area (Å²) in [5, 5.41) is 14.0. The molecule has 19 rings (SSSR count). The molecule has 0 aliphatic carbocycles. The van der Waals surface area contributed by atoms with Crippen molar-refractivity contribution in [2.45, 2.75) is 66.2 Å². The first-order valence-electron chi connectivity index (χ1n) is 32.9. The van der Waals surface area contributed by atoms with Crippen molar-refractivity contribution in [3.63, 3.8) is 0 Å². The average molecular weight is 1210 g/mol. The molecule has 6 heteroatoms. The number of aromatic nitrogens is 2. The van der Waals surface area contributed by atoms with E-state index in [1.165, 1.54) is 87.4 Å². The van der Waals surface area contributed by atoms with Gasteiger partial charge in [0.15, 0.2) is 11.2 Å². The minimum Gasteiger partial charge on any atom is -0.454 e. The highest BCUT2D eigenvalue weighted by molar-refractivity contribution is 6.40. The lowest BCUT2D eigenvalue weighted by molar-refractivity contribution is 0.572. The summed E-state index contributed by atoms with van der Waals surface area (Å²) >= 11 is 0. The Morgan fingerprint density at radius 1 is 0.266 bits per heavy atom. The van der Waals surface area contributed by atoms with Gasteiger partial charge in [0.25, 0.3) is 0 Å². The minimum atomic E-state index is -0.132. The highest BCUT2D eigenvalue weighted by atomic mass is 16.3. The molecule has 0 fully saturated rings. The van der Waals surface area contributed by atoms with E-state index in [-0.39, 0.29) is 10.8 Å². The molecule has 0 radical (unpaired) electrons. The maximum absolute atomic E-state index is 7.30. The van der Waals surface area contributed by atoms with Crippen LogP contribution in [0.5, 0.6) is 0 Å². The molecule has 0 atom stereocenters. The SMILES string of the molecule is Cc1ccccc1N(c1cccc2c1oc1c(C(C)(C)C)cccc12)c1ccc2c3c(-c4ccccc4)c4c(c(-c5ccccc5)c3n3c5ccccc5c1c23)c1ccc(N(c2ccccc2C)c2cccc3c2oc2c(C(C)(C)C)cccc23)c2c3ccccc3n4c12. The summed E-state index contributed by atoms with van der Waals surface area (Å²) in [4.78, 5) is 4.97. The van der Waals surface area contributed by atoms with Gasteiger partial charge in [0.2, 0.25) is 0 Å². The number of aryl methyl sites for hydroxylation is 2. The van der Waals surface area contributed by atoms with Crippen LogP contribution < -0.4 is 9.80 Å². The van der Waals surface area contributed by atoms with Crippen molar-refractivity contribution in [3.05, 3.63) is 277 Å². The van der Waals surface area contributed by atoms with Gasteiger partial charge in [0.1, 0.15) is 11.2 Å². The fourth-order valence-electron chi connectivity index (χ4n) is 16.4. The predicted molar refractivity (Wildman–Crippen MR) is 397 cm³/mol. The van der Waals surface area contributed by atoms with E-state index in [1.807, 2.05) is 0 Å². The maximum Gasteiger partial charge on any atom is 0.159 e. The molecule has 6 aromatic heterocycles. The fraction of sp³-hybridized carbons (Fsp3) is 0.114. The van der Waals surface area contributed by atoms with Crippen molar-refractivity contribution in [2.24, 2.45) is 0 Å². The summed E-state index contributed by atoms with van der Waals surface area (Å²) in [6, 6.07) is 94.5. The van der Waals surface area contributed by atoms with Crippen LogP contribution in [0.2, 0.25) is 0 Å².